The summed E-state index contributed by atoms with van der Waals surface area (Å²) in [7, 11) is 0. The van der Waals surface area contributed by atoms with E-state index >= 15 is 0 Å². The predicted octanol–water partition coefficient (Wildman–Crippen LogP) is 14.2. The minimum atomic E-state index is 0.690. The van der Waals surface area contributed by atoms with Crippen LogP contribution in [0.5, 0.6) is 0 Å². The number of hydrogen-bond acceptors (Lipinski definition) is 3. The molecule has 0 spiro atoms. The van der Waals surface area contributed by atoms with Crippen LogP contribution in [0.15, 0.2) is 231 Å². The molecule has 0 atom stereocenters. The first-order valence-corrected chi connectivity index (χ1v) is 19.6. The minimum absolute atomic E-state index is 0.690. The molecule has 0 unspecified atom stereocenters. The van der Waals surface area contributed by atoms with Gasteiger partial charge in [0, 0.05) is 28.2 Å². The minimum Gasteiger partial charge on any atom is -0.311 e. The van der Waals surface area contributed by atoms with Crippen LogP contribution in [0.4, 0.5) is 17.1 Å². The van der Waals surface area contributed by atoms with Crippen molar-refractivity contribution >= 4 is 27.8 Å². The van der Waals surface area contributed by atoms with E-state index in [1.54, 1.807) is 0 Å². The topological polar surface area (TPSA) is 34.0 Å². The molecule has 0 aliphatic heterocycles. The molecule has 274 valence electrons. The van der Waals surface area contributed by atoms with Gasteiger partial charge in [-0.15, -0.1) is 5.10 Å². The third-order valence-electron chi connectivity index (χ3n) is 10.7. The zero-order valence-electron chi connectivity index (χ0n) is 31.7. The van der Waals surface area contributed by atoms with Gasteiger partial charge in [-0.25, -0.2) is 9.67 Å². The van der Waals surface area contributed by atoms with Crippen molar-refractivity contribution in [3.05, 3.63) is 231 Å². The van der Waals surface area contributed by atoms with Gasteiger partial charge in [-0.2, -0.15) is 0 Å². The van der Waals surface area contributed by atoms with Crippen molar-refractivity contribution in [2.75, 3.05) is 4.90 Å². The summed E-state index contributed by atoms with van der Waals surface area (Å²) in [6.07, 6.45) is 0. The van der Waals surface area contributed by atoms with E-state index in [2.05, 4.69) is 217 Å². The maximum Gasteiger partial charge on any atom is 0.182 e. The van der Waals surface area contributed by atoms with Crippen molar-refractivity contribution in [1.29, 1.82) is 0 Å². The molecule has 0 fully saturated rings. The largest absolute Gasteiger partial charge is 0.311 e. The van der Waals surface area contributed by atoms with E-state index in [9.17, 15) is 0 Å². The smallest absolute Gasteiger partial charge is 0.182 e. The molecule has 0 amide bonds. The van der Waals surface area contributed by atoms with Crippen molar-refractivity contribution in [2.45, 2.75) is 0 Å². The molecule has 0 bridgehead atoms. The Kier molecular flexibility index (Phi) is 9.18. The Morgan fingerprint density at radius 3 is 1.36 bits per heavy atom. The van der Waals surface area contributed by atoms with E-state index in [0.717, 1.165) is 56.4 Å². The van der Waals surface area contributed by atoms with E-state index < -0.39 is 0 Å². The van der Waals surface area contributed by atoms with Crippen LogP contribution in [0.25, 0.3) is 72.6 Å². The second kappa shape index (κ2) is 15.4. The molecule has 4 heteroatoms. The maximum atomic E-state index is 5.10. The fourth-order valence-electron chi connectivity index (χ4n) is 7.83. The van der Waals surface area contributed by atoms with E-state index in [1.165, 1.54) is 27.5 Å². The van der Waals surface area contributed by atoms with Crippen molar-refractivity contribution in [2.24, 2.45) is 0 Å². The van der Waals surface area contributed by atoms with E-state index in [4.69, 9.17) is 10.1 Å². The summed E-state index contributed by atoms with van der Waals surface area (Å²) < 4.78 is 1.97. The zero-order valence-corrected chi connectivity index (χ0v) is 31.7. The Morgan fingerprint density at radius 1 is 0.328 bits per heavy atom. The summed E-state index contributed by atoms with van der Waals surface area (Å²) in [5, 5.41) is 7.44. The number of fused-ring (bicyclic) bond motifs is 1. The fraction of sp³-hybridized carbons (Fsp3) is 0. The zero-order chi connectivity index (χ0) is 38.7. The van der Waals surface area contributed by atoms with Gasteiger partial charge in [-0.3, -0.25) is 0 Å². The number of rotatable bonds is 9. The van der Waals surface area contributed by atoms with Gasteiger partial charge in [-0.05, 0) is 98.8 Å². The molecule has 9 aromatic carbocycles. The molecule has 0 saturated heterocycles. The van der Waals surface area contributed by atoms with Crippen molar-refractivity contribution in [3.8, 4) is 61.8 Å². The highest BCUT2D eigenvalue weighted by molar-refractivity contribution is 5.92. The lowest BCUT2D eigenvalue weighted by molar-refractivity contribution is 0.891. The number of anilines is 3. The average Bonchev–Trinajstić information content (AvgIpc) is 3.76. The Labute approximate surface area is 338 Å². The molecule has 0 aliphatic rings. The van der Waals surface area contributed by atoms with Crippen molar-refractivity contribution in [1.82, 2.24) is 14.8 Å². The molecular weight excluding hydrogens is 705 g/mol. The highest BCUT2D eigenvalue weighted by Gasteiger charge is 2.18. The highest BCUT2D eigenvalue weighted by atomic mass is 15.4. The molecule has 10 aromatic rings. The first-order chi connectivity index (χ1) is 28.8. The number of nitrogens with zero attached hydrogens (tertiary/aromatic N) is 4. The van der Waals surface area contributed by atoms with Gasteiger partial charge < -0.3 is 4.90 Å². The Bertz CT molecular complexity index is 2930. The van der Waals surface area contributed by atoms with Crippen LogP contribution in [0.2, 0.25) is 0 Å². The summed E-state index contributed by atoms with van der Waals surface area (Å²) in [4.78, 5) is 7.39. The monoisotopic (exact) mass is 742 g/mol. The summed E-state index contributed by atoms with van der Waals surface area (Å²) in [5.74, 6) is 1.49. The maximum absolute atomic E-state index is 5.10. The first-order valence-electron chi connectivity index (χ1n) is 19.6. The van der Waals surface area contributed by atoms with Crippen molar-refractivity contribution < 1.29 is 0 Å². The van der Waals surface area contributed by atoms with Gasteiger partial charge >= 0.3 is 0 Å². The Balaban J connectivity index is 1.00. The molecule has 58 heavy (non-hydrogen) atoms. The second-order valence-corrected chi connectivity index (χ2v) is 14.3. The molecule has 4 nitrogen and oxygen atoms in total. The molecule has 0 aliphatic carbocycles. The predicted molar refractivity (Wildman–Crippen MR) is 241 cm³/mol. The van der Waals surface area contributed by atoms with Gasteiger partial charge in [0.05, 0.1) is 5.69 Å². The second-order valence-electron chi connectivity index (χ2n) is 14.3. The lowest BCUT2D eigenvalue weighted by atomic mass is 9.89. The third kappa shape index (κ3) is 6.74. The molecule has 1 aromatic heterocycles. The van der Waals surface area contributed by atoms with Crippen LogP contribution in [-0.2, 0) is 0 Å². The van der Waals surface area contributed by atoms with Gasteiger partial charge in [-0.1, -0.05) is 176 Å². The van der Waals surface area contributed by atoms with Crippen LogP contribution >= 0.6 is 0 Å². The quantitative estimate of drug-likeness (QED) is 0.148. The lowest BCUT2D eigenvalue weighted by Gasteiger charge is -2.25. The third-order valence-corrected chi connectivity index (χ3v) is 10.7. The fourth-order valence-corrected chi connectivity index (χ4v) is 7.83. The number of para-hydroxylation sites is 2. The van der Waals surface area contributed by atoms with Gasteiger partial charge in [0.1, 0.15) is 0 Å². The SMILES string of the molecule is c1ccc(-c2nc(-c3ccc4ccccc4c3)n(-c3ccc(-c4ccccc4-c4ccccc4-c4ccc(N(c5ccccc5)c5ccccc5)cc4)cc3)n2)cc1. The molecular formula is C54H38N4. The normalized spacial score (nSPS) is 11.1. The van der Waals surface area contributed by atoms with E-state index in [-0.39, 0.29) is 0 Å². The van der Waals surface area contributed by atoms with Gasteiger partial charge in [0.25, 0.3) is 0 Å². The van der Waals surface area contributed by atoms with Crippen LogP contribution < -0.4 is 4.90 Å². The summed E-state index contributed by atoms with van der Waals surface area (Å²) in [6.45, 7) is 0. The molecule has 0 radical (unpaired) electrons. The average molecular weight is 743 g/mol. The highest BCUT2D eigenvalue weighted by Crippen LogP contribution is 2.40. The Hall–Kier alpha value is -7.82. The van der Waals surface area contributed by atoms with Crippen LogP contribution in [0, 0.1) is 0 Å². The molecule has 10 rings (SSSR count). The number of benzene rings is 9. The number of aromatic nitrogens is 3. The van der Waals surface area contributed by atoms with Crippen molar-refractivity contribution in [3.63, 3.8) is 0 Å². The van der Waals surface area contributed by atoms with Crippen LogP contribution in [0.1, 0.15) is 0 Å². The van der Waals surface area contributed by atoms with Crippen LogP contribution in [-0.4, -0.2) is 14.8 Å². The summed E-state index contributed by atoms with van der Waals surface area (Å²) >= 11 is 0. The van der Waals surface area contributed by atoms with Gasteiger partial charge in [0.2, 0.25) is 0 Å². The number of hydrogen-bond donors (Lipinski definition) is 0. The first kappa shape index (κ1) is 34.7. The summed E-state index contributed by atoms with van der Waals surface area (Å²) in [5.41, 5.74) is 13.3. The summed E-state index contributed by atoms with van der Waals surface area (Å²) in [6, 6.07) is 81.1. The van der Waals surface area contributed by atoms with Crippen LogP contribution in [0.3, 0.4) is 0 Å². The molecule has 1 heterocycles. The lowest BCUT2D eigenvalue weighted by Crippen LogP contribution is -2.09. The molecule has 0 saturated carbocycles. The van der Waals surface area contributed by atoms with Gasteiger partial charge in [0.15, 0.2) is 11.6 Å². The van der Waals surface area contributed by atoms with E-state index in [1.807, 2.05) is 22.9 Å². The molecule has 0 N–H and O–H groups in total. The standard InChI is InChI=1S/C54H38N4/c1-4-17-42(18-5-1)53-55-54(44-29-28-39-16-10-11-19-43(39)38-44)58(56-53)48-36-32-41(33-37-48)50-25-13-15-27-52(50)51-26-14-12-24-49(51)40-30-34-47(35-31-40)57(45-20-6-2-7-21-45)46-22-8-3-9-23-46/h1-38H. The van der Waals surface area contributed by atoms with E-state index in [0.29, 0.717) is 5.82 Å². The Morgan fingerprint density at radius 2 is 0.776 bits per heavy atom.